The number of amides is 9. The highest BCUT2D eigenvalue weighted by Gasteiger charge is 2.31. The average molecular weight is 660 g/mol. The molecule has 0 radical (unpaired) electrons. The first-order chi connectivity index (χ1) is 21.4. The molecule has 1 heterocycles. The lowest BCUT2D eigenvalue weighted by atomic mass is 10.1. The predicted octanol–water partition coefficient (Wildman–Crippen LogP) is -4.93. The molecule has 258 valence electrons. The molecule has 9 N–H and O–H groups in total. The molecule has 21 heteroatoms. The van der Waals surface area contributed by atoms with Crippen LogP contribution in [0.25, 0.3) is 0 Å². The zero-order valence-corrected chi connectivity index (χ0v) is 25.8. The largest absolute Gasteiger partial charge is 0.345 e. The highest BCUT2D eigenvalue weighted by Crippen LogP contribution is 2.04. The van der Waals surface area contributed by atoms with Gasteiger partial charge in [0.1, 0.15) is 24.2 Å². The summed E-state index contributed by atoms with van der Waals surface area (Å²) in [5.41, 5.74) is 0. The van der Waals surface area contributed by atoms with Crippen LogP contribution in [-0.2, 0) is 43.2 Å². The van der Waals surface area contributed by atoms with Crippen molar-refractivity contribution < 1.29 is 58.8 Å². The molecule has 1 aliphatic heterocycles. The van der Waals surface area contributed by atoms with Crippen LogP contribution in [0, 0.1) is 0 Å². The Hall–Kier alpha value is -4.89. The number of carbonyl (C=O) groups excluding carboxylic acids is 9. The lowest BCUT2D eigenvalue weighted by Crippen LogP contribution is -2.59. The fourth-order valence-corrected chi connectivity index (χ4v) is 3.79. The average Bonchev–Trinajstić information content (AvgIpc) is 2.98. The second-order valence-electron chi connectivity index (χ2n) is 10.3. The van der Waals surface area contributed by atoms with E-state index in [1.165, 1.54) is 6.92 Å². The van der Waals surface area contributed by atoms with E-state index in [0.717, 1.165) is 20.8 Å². The van der Waals surface area contributed by atoms with Gasteiger partial charge in [0.2, 0.25) is 53.2 Å². The number of nitrogens with zero attached hydrogens (tertiary/aromatic N) is 3. The Balaban J connectivity index is 3.46. The third-order valence-electron chi connectivity index (χ3n) is 6.51. The number of carbonyl (C=O) groups is 9. The Morgan fingerprint density at radius 3 is 1.28 bits per heavy atom. The van der Waals surface area contributed by atoms with Gasteiger partial charge in [0.25, 0.3) is 0 Å². The molecule has 1 fully saturated rings. The third-order valence-corrected chi connectivity index (χ3v) is 6.51. The quantitative estimate of drug-likeness (QED) is 0.0831. The van der Waals surface area contributed by atoms with Gasteiger partial charge in [-0.05, 0) is 26.2 Å². The minimum atomic E-state index is -1.59. The van der Waals surface area contributed by atoms with Crippen molar-refractivity contribution in [3.05, 3.63) is 0 Å². The molecule has 1 aliphatic rings. The van der Waals surface area contributed by atoms with E-state index in [2.05, 4.69) is 31.9 Å². The van der Waals surface area contributed by atoms with Gasteiger partial charge in [0, 0.05) is 20.8 Å². The molecule has 1 rings (SSSR count). The molecule has 46 heavy (non-hydrogen) atoms. The van der Waals surface area contributed by atoms with E-state index in [9.17, 15) is 58.8 Å². The number of nitrogens with one attached hydrogen (secondary N) is 6. The Morgan fingerprint density at radius 2 is 0.891 bits per heavy atom. The Labute approximate surface area is 263 Å². The Kier molecular flexibility index (Phi) is 16.0. The standard InChI is InChI=1S/C25H41N9O12/c1-13-22(40)26-12-21(39)29-18(6-9-33(45)15(3)36)24(42)31-19(7-10-34(46)16(4)37)25(43)30-17(5-8-32(44)14(2)35)23(41)27-11-20(38)28-13/h13,17-19,44-46H,5-12H2,1-4H3,(H,26,40)(H,27,41)(H,28,38)(H,29,39)(H,30,43)(H,31,42)/t13?,17-,18+,19-/m1/s1. The van der Waals surface area contributed by atoms with E-state index in [4.69, 9.17) is 0 Å². The molecule has 0 aromatic heterocycles. The van der Waals surface area contributed by atoms with Crippen molar-refractivity contribution >= 4 is 53.2 Å². The van der Waals surface area contributed by atoms with Gasteiger partial charge in [0.05, 0.1) is 32.7 Å². The summed E-state index contributed by atoms with van der Waals surface area (Å²) in [6.45, 7) is 1.65. The van der Waals surface area contributed by atoms with E-state index in [0.29, 0.717) is 0 Å². The van der Waals surface area contributed by atoms with Crippen molar-refractivity contribution in [1.82, 2.24) is 47.1 Å². The first-order valence-electron chi connectivity index (χ1n) is 14.1. The van der Waals surface area contributed by atoms with Gasteiger partial charge in [0.15, 0.2) is 0 Å². The SMILES string of the molecule is CC(=O)N(O)CC[C@@H]1NC(=O)CNC(=O)C(C)NC(=O)CNC(=O)[C@@H](CCN(O)C(C)=O)NC(=O)[C@@H](CCN(O)C(C)=O)NC1=O. The number of hydroxylamine groups is 6. The fourth-order valence-electron chi connectivity index (χ4n) is 3.79. The summed E-state index contributed by atoms with van der Waals surface area (Å²) in [4.78, 5) is 112. The topological polar surface area (TPSA) is 296 Å². The summed E-state index contributed by atoms with van der Waals surface area (Å²) < 4.78 is 0. The van der Waals surface area contributed by atoms with Crippen molar-refractivity contribution in [2.45, 2.75) is 71.1 Å². The van der Waals surface area contributed by atoms with Gasteiger partial charge >= 0.3 is 0 Å². The highest BCUT2D eigenvalue weighted by atomic mass is 16.5. The second kappa shape index (κ2) is 18.8. The van der Waals surface area contributed by atoms with E-state index in [1.807, 2.05) is 0 Å². The fraction of sp³-hybridized carbons (Fsp3) is 0.640. The van der Waals surface area contributed by atoms with E-state index >= 15 is 0 Å². The molecule has 21 nitrogen and oxygen atoms in total. The summed E-state index contributed by atoms with van der Waals surface area (Å²) >= 11 is 0. The molecular formula is C25H41N9O12. The van der Waals surface area contributed by atoms with E-state index in [-0.39, 0.29) is 28.0 Å². The van der Waals surface area contributed by atoms with Crippen LogP contribution in [0.4, 0.5) is 0 Å². The third kappa shape index (κ3) is 13.8. The van der Waals surface area contributed by atoms with Crippen LogP contribution in [0.15, 0.2) is 0 Å². The van der Waals surface area contributed by atoms with Crippen LogP contribution in [0.3, 0.4) is 0 Å². The minimum absolute atomic E-state index is 0.254. The number of hydrogen-bond donors (Lipinski definition) is 9. The van der Waals surface area contributed by atoms with Gasteiger partial charge in [-0.25, -0.2) is 15.2 Å². The van der Waals surface area contributed by atoms with Gasteiger partial charge in [-0.1, -0.05) is 0 Å². The molecule has 0 bridgehead atoms. The van der Waals surface area contributed by atoms with Crippen LogP contribution < -0.4 is 31.9 Å². The maximum absolute atomic E-state index is 13.4. The molecule has 0 aromatic carbocycles. The van der Waals surface area contributed by atoms with E-state index in [1.54, 1.807) is 0 Å². The molecule has 0 saturated carbocycles. The van der Waals surface area contributed by atoms with Crippen molar-refractivity contribution in [3.63, 3.8) is 0 Å². The molecule has 1 saturated heterocycles. The molecular weight excluding hydrogens is 618 g/mol. The summed E-state index contributed by atoms with van der Waals surface area (Å²) in [6, 6.07) is -5.79. The maximum Gasteiger partial charge on any atom is 0.243 e. The molecule has 0 aromatic rings. The first kappa shape index (κ1) is 39.1. The number of rotatable bonds is 9. The van der Waals surface area contributed by atoms with Crippen LogP contribution in [0.1, 0.15) is 47.0 Å². The van der Waals surface area contributed by atoms with Gasteiger partial charge in [-0.2, -0.15) is 0 Å². The summed E-state index contributed by atoms with van der Waals surface area (Å²) in [7, 11) is 0. The van der Waals surface area contributed by atoms with Gasteiger partial charge in [-0.15, -0.1) is 0 Å². The molecule has 0 aliphatic carbocycles. The van der Waals surface area contributed by atoms with Gasteiger partial charge < -0.3 is 31.9 Å². The van der Waals surface area contributed by atoms with Crippen molar-refractivity contribution in [1.29, 1.82) is 0 Å². The maximum atomic E-state index is 13.4. The zero-order valence-electron chi connectivity index (χ0n) is 25.8. The van der Waals surface area contributed by atoms with Crippen molar-refractivity contribution in [2.24, 2.45) is 0 Å². The smallest absolute Gasteiger partial charge is 0.243 e. The lowest BCUT2D eigenvalue weighted by molar-refractivity contribution is -0.164. The highest BCUT2D eigenvalue weighted by molar-refractivity contribution is 5.96. The summed E-state index contributed by atoms with van der Waals surface area (Å²) in [5, 5.41) is 44.0. The normalized spacial score (nSPS) is 22.0. The second-order valence-corrected chi connectivity index (χ2v) is 10.3. The zero-order chi connectivity index (χ0) is 35.1. The summed E-state index contributed by atoms with van der Waals surface area (Å²) in [6.07, 6.45) is -1.20. The minimum Gasteiger partial charge on any atom is -0.345 e. The van der Waals surface area contributed by atoms with Crippen LogP contribution in [-0.4, -0.2) is 141 Å². The first-order valence-corrected chi connectivity index (χ1v) is 14.1. The molecule has 1 unspecified atom stereocenters. The van der Waals surface area contributed by atoms with Crippen LogP contribution in [0.5, 0.6) is 0 Å². The molecule has 0 spiro atoms. The summed E-state index contributed by atoms with van der Waals surface area (Å²) in [5.74, 6) is -7.90. The van der Waals surface area contributed by atoms with Gasteiger partial charge in [-0.3, -0.25) is 58.8 Å². The Bertz CT molecular complexity index is 1160. The van der Waals surface area contributed by atoms with Crippen LogP contribution in [0.2, 0.25) is 0 Å². The lowest BCUT2D eigenvalue weighted by Gasteiger charge is -2.27. The monoisotopic (exact) mass is 659 g/mol. The molecule has 9 amide bonds. The number of hydrogen-bond acceptors (Lipinski definition) is 12. The predicted molar refractivity (Wildman–Crippen MR) is 151 cm³/mol. The van der Waals surface area contributed by atoms with Crippen molar-refractivity contribution in [3.8, 4) is 0 Å². The van der Waals surface area contributed by atoms with Crippen molar-refractivity contribution in [2.75, 3.05) is 32.7 Å². The van der Waals surface area contributed by atoms with Crippen LogP contribution >= 0.6 is 0 Å². The molecule has 4 atom stereocenters. The van der Waals surface area contributed by atoms with E-state index < -0.39 is 116 Å². The Morgan fingerprint density at radius 1 is 0.565 bits per heavy atom.